The normalized spacial score (nSPS) is 10.5. The molecule has 204 valence electrons. The van der Waals surface area contributed by atoms with Crippen molar-refractivity contribution in [3.63, 3.8) is 0 Å². The van der Waals surface area contributed by atoms with Gasteiger partial charge in [0.15, 0.2) is 0 Å². The Hall–Kier alpha value is -5.36. The summed E-state index contributed by atoms with van der Waals surface area (Å²) in [6, 6.07) is 18.3. The first-order chi connectivity index (χ1) is 19.0. The lowest BCUT2D eigenvalue weighted by Crippen LogP contribution is -2.08. The second-order valence-corrected chi connectivity index (χ2v) is 9.61. The molecule has 0 amide bonds. The summed E-state index contributed by atoms with van der Waals surface area (Å²) in [5.74, 6) is 0.00824. The highest BCUT2D eigenvalue weighted by Gasteiger charge is 2.23. The van der Waals surface area contributed by atoms with Gasteiger partial charge in [-0.25, -0.2) is 0 Å². The fourth-order valence-electron chi connectivity index (χ4n) is 4.03. The molecular formula is C28H28N8O4. The molecule has 40 heavy (non-hydrogen) atoms. The van der Waals surface area contributed by atoms with Crippen LogP contribution in [0.15, 0.2) is 60.9 Å². The molecule has 0 aliphatic heterocycles. The molecule has 0 N–H and O–H groups in total. The second-order valence-electron chi connectivity index (χ2n) is 9.61. The molecule has 0 aliphatic carbocycles. The first kappa shape index (κ1) is 29.2. The highest BCUT2D eigenvalue weighted by atomic mass is 16.6. The molecule has 4 aromatic rings. The molecule has 0 unspecified atom stereocenters. The van der Waals surface area contributed by atoms with Crippen LogP contribution in [0.1, 0.15) is 73.2 Å². The Labute approximate surface area is 231 Å². The Morgan fingerprint density at radius 1 is 0.800 bits per heavy atom. The first-order valence-corrected chi connectivity index (χ1v) is 12.4. The van der Waals surface area contributed by atoms with Gasteiger partial charge in [-0.1, -0.05) is 52.0 Å². The molecule has 2 heterocycles. The molecule has 0 fully saturated rings. The van der Waals surface area contributed by atoms with Gasteiger partial charge in [0.25, 0.3) is 0 Å². The Kier molecular flexibility index (Phi) is 9.44. The van der Waals surface area contributed by atoms with Crippen LogP contribution >= 0.6 is 0 Å². The number of rotatable bonds is 8. The molecule has 0 atom stereocenters. The van der Waals surface area contributed by atoms with Crippen LogP contribution in [0.2, 0.25) is 0 Å². The van der Waals surface area contributed by atoms with Crippen molar-refractivity contribution in [2.45, 2.75) is 52.6 Å². The Balaban J connectivity index is 0.000000220. The van der Waals surface area contributed by atoms with Gasteiger partial charge in [0.2, 0.25) is 0 Å². The summed E-state index contributed by atoms with van der Waals surface area (Å²) in [7, 11) is 0. The standard InChI is InChI=1S/2C14H14N4O2/c1-10(2)14-13(18(19)20)8-16-17(14)9-12-5-3-11(7-15)4-6-12;1-10(2)14-13(18(19)20)9-17(16-14)8-12-5-3-11(7-15)4-6-12/h3-6,8,10H,9H2,1-2H3;3-6,9-10H,8H2,1-2H3. The molecule has 2 aromatic carbocycles. The van der Waals surface area contributed by atoms with Crippen molar-refractivity contribution in [2.75, 3.05) is 0 Å². The van der Waals surface area contributed by atoms with E-state index in [0.29, 0.717) is 35.6 Å². The topological polar surface area (TPSA) is 169 Å². The maximum Gasteiger partial charge on any atom is 0.310 e. The van der Waals surface area contributed by atoms with Gasteiger partial charge in [-0.15, -0.1) is 0 Å². The Morgan fingerprint density at radius 3 is 1.70 bits per heavy atom. The quantitative estimate of drug-likeness (QED) is 0.203. The van der Waals surface area contributed by atoms with Crippen LogP contribution in [0.3, 0.4) is 0 Å². The number of nitriles is 2. The zero-order chi connectivity index (χ0) is 29.4. The van der Waals surface area contributed by atoms with Crippen molar-refractivity contribution in [1.29, 1.82) is 10.5 Å². The third-order valence-corrected chi connectivity index (χ3v) is 5.96. The average molecular weight is 541 g/mol. The Morgan fingerprint density at radius 2 is 1.30 bits per heavy atom. The monoisotopic (exact) mass is 540 g/mol. The van der Waals surface area contributed by atoms with E-state index in [0.717, 1.165) is 11.1 Å². The van der Waals surface area contributed by atoms with E-state index in [2.05, 4.69) is 16.3 Å². The van der Waals surface area contributed by atoms with Crippen LogP contribution in [0.5, 0.6) is 0 Å². The van der Waals surface area contributed by atoms with Gasteiger partial charge in [-0.3, -0.25) is 29.6 Å². The molecule has 2 aromatic heterocycles. The van der Waals surface area contributed by atoms with Gasteiger partial charge in [0.1, 0.15) is 23.8 Å². The van der Waals surface area contributed by atoms with Crippen LogP contribution < -0.4 is 0 Å². The molecule has 0 saturated carbocycles. The minimum absolute atomic E-state index is 0.00221. The number of hydrogen-bond acceptors (Lipinski definition) is 8. The summed E-state index contributed by atoms with van der Waals surface area (Å²) in [4.78, 5) is 21.2. The molecule has 0 radical (unpaired) electrons. The highest BCUT2D eigenvalue weighted by Crippen LogP contribution is 2.27. The average Bonchev–Trinajstić information content (AvgIpc) is 3.55. The van der Waals surface area contributed by atoms with E-state index in [9.17, 15) is 20.2 Å². The van der Waals surface area contributed by atoms with Gasteiger partial charge in [-0.05, 0) is 35.4 Å². The number of nitrogens with zero attached hydrogens (tertiary/aromatic N) is 8. The van der Waals surface area contributed by atoms with Gasteiger partial charge < -0.3 is 0 Å². The number of nitro groups is 2. The maximum atomic E-state index is 11.0. The summed E-state index contributed by atoms with van der Waals surface area (Å²) in [6.07, 6.45) is 2.74. The molecule has 0 bridgehead atoms. The molecule has 12 heteroatoms. The number of benzene rings is 2. The maximum absolute atomic E-state index is 11.0. The van der Waals surface area contributed by atoms with E-state index in [-0.39, 0.29) is 23.2 Å². The van der Waals surface area contributed by atoms with Gasteiger partial charge in [0, 0.05) is 11.8 Å². The van der Waals surface area contributed by atoms with Crippen molar-refractivity contribution >= 4 is 11.4 Å². The fourth-order valence-corrected chi connectivity index (χ4v) is 4.03. The van der Waals surface area contributed by atoms with Crippen molar-refractivity contribution in [3.8, 4) is 12.1 Å². The summed E-state index contributed by atoms with van der Waals surface area (Å²) < 4.78 is 3.21. The lowest BCUT2D eigenvalue weighted by molar-refractivity contribution is -0.385. The van der Waals surface area contributed by atoms with Gasteiger partial charge in [0.05, 0.1) is 46.2 Å². The molecule has 0 spiro atoms. The summed E-state index contributed by atoms with van der Waals surface area (Å²) in [5, 5.41) is 47.9. The van der Waals surface area contributed by atoms with Crippen molar-refractivity contribution in [3.05, 3.63) is 115 Å². The van der Waals surface area contributed by atoms with E-state index < -0.39 is 9.85 Å². The summed E-state index contributed by atoms with van der Waals surface area (Å²) >= 11 is 0. The zero-order valence-electron chi connectivity index (χ0n) is 22.6. The van der Waals surface area contributed by atoms with Crippen LogP contribution in [-0.4, -0.2) is 29.4 Å². The SMILES string of the molecule is CC(C)c1c([N+](=O)[O-])cnn1Cc1ccc(C#N)cc1.CC(C)c1nn(Cc2ccc(C#N)cc2)cc1[N+](=O)[O-]. The third-order valence-electron chi connectivity index (χ3n) is 5.96. The lowest BCUT2D eigenvalue weighted by atomic mass is 10.1. The molecular weight excluding hydrogens is 512 g/mol. The lowest BCUT2D eigenvalue weighted by Gasteiger charge is -2.09. The predicted molar refractivity (Wildman–Crippen MR) is 146 cm³/mol. The van der Waals surface area contributed by atoms with E-state index in [1.807, 2.05) is 58.0 Å². The number of aromatic nitrogens is 4. The first-order valence-electron chi connectivity index (χ1n) is 12.4. The highest BCUT2D eigenvalue weighted by molar-refractivity contribution is 5.37. The van der Waals surface area contributed by atoms with Crippen molar-refractivity contribution < 1.29 is 9.85 Å². The molecule has 0 aliphatic rings. The van der Waals surface area contributed by atoms with Crippen LogP contribution in [0.4, 0.5) is 11.4 Å². The summed E-state index contributed by atoms with van der Waals surface area (Å²) in [5.41, 5.74) is 4.26. The van der Waals surface area contributed by atoms with Gasteiger partial charge in [-0.2, -0.15) is 20.7 Å². The smallest absolute Gasteiger partial charge is 0.261 e. The summed E-state index contributed by atoms with van der Waals surface area (Å²) in [6.45, 7) is 8.45. The van der Waals surface area contributed by atoms with Crippen molar-refractivity contribution in [1.82, 2.24) is 19.6 Å². The predicted octanol–water partition coefficient (Wildman–Crippen LogP) is 5.67. The van der Waals surface area contributed by atoms with E-state index >= 15 is 0 Å². The zero-order valence-corrected chi connectivity index (χ0v) is 22.6. The van der Waals surface area contributed by atoms with E-state index in [1.165, 1.54) is 12.4 Å². The Bertz CT molecular complexity index is 1560. The number of hydrogen-bond donors (Lipinski definition) is 0. The second kappa shape index (κ2) is 12.9. The van der Waals surface area contributed by atoms with E-state index in [4.69, 9.17) is 10.5 Å². The molecule has 0 saturated heterocycles. The third kappa shape index (κ3) is 7.14. The van der Waals surface area contributed by atoms with Crippen LogP contribution in [0.25, 0.3) is 0 Å². The molecule has 4 rings (SSSR count). The van der Waals surface area contributed by atoms with Crippen molar-refractivity contribution in [2.24, 2.45) is 0 Å². The largest absolute Gasteiger partial charge is 0.310 e. The van der Waals surface area contributed by atoms with Gasteiger partial charge >= 0.3 is 11.4 Å². The minimum atomic E-state index is -0.405. The van der Waals surface area contributed by atoms with Crippen LogP contribution in [-0.2, 0) is 13.1 Å². The van der Waals surface area contributed by atoms with Crippen LogP contribution in [0, 0.1) is 42.9 Å². The fraction of sp³-hybridized carbons (Fsp3) is 0.286. The van der Waals surface area contributed by atoms with E-state index in [1.54, 1.807) is 33.6 Å². The molecule has 12 nitrogen and oxygen atoms in total. The minimum Gasteiger partial charge on any atom is -0.261 e.